The van der Waals surface area contributed by atoms with Gasteiger partial charge in [0.2, 0.25) is 0 Å². The molecule has 1 aliphatic rings. The molecule has 0 bridgehead atoms. The van der Waals surface area contributed by atoms with Gasteiger partial charge in [0, 0.05) is 13.2 Å². The highest BCUT2D eigenvalue weighted by Crippen LogP contribution is 2.14. The second-order valence-electron chi connectivity index (χ2n) is 3.53. The molecule has 0 spiro atoms. The Kier molecular flexibility index (Phi) is 3.29. The Balaban J connectivity index is 1.67. The number of nitrogens with one attached hydrogen (secondary N) is 2. The summed E-state index contributed by atoms with van der Waals surface area (Å²) in [6.45, 7) is 1.47. The van der Waals surface area contributed by atoms with Gasteiger partial charge in [0.05, 0.1) is 12.3 Å². The number of nitrogens with zero attached hydrogens (tertiary/aromatic N) is 2. The maximum Gasteiger partial charge on any atom is 0.273 e. The van der Waals surface area contributed by atoms with Crippen LogP contribution in [0.3, 0.4) is 0 Å². The van der Waals surface area contributed by atoms with E-state index < -0.39 is 0 Å². The number of aromatic nitrogens is 3. The maximum absolute atomic E-state index is 11.4. The van der Waals surface area contributed by atoms with E-state index >= 15 is 0 Å². The lowest BCUT2D eigenvalue weighted by atomic mass is 10.2. The molecule has 1 atom stereocenters. The maximum atomic E-state index is 11.4. The van der Waals surface area contributed by atoms with Crippen molar-refractivity contribution in [3.8, 4) is 0 Å². The summed E-state index contributed by atoms with van der Waals surface area (Å²) in [7, 11) is 0. The van der Waals surface area contributed by atoms with Crippen molar-refractivity contribution >= 4 is 5.91 Å². The van der Waals surface area contributed by atoms with Gasteiger partial charge >= 0.3 is 0 Å². The summed E-state index contributed by atoms with van der Waals surface area (Å²) in [6.07, 6.45) is 4.80. The minimum atomic E-state index is -0.193. The first-order valence-electron chi connectivity index (χ1n) is 5.12. The van der Waals surface area contributed by atoms with Crippen LogP contribution < -0.4 is 5.32 Å². The first-order chi connectivity index (χ1) is 7.36. The number of aromatic amines is 1. The van der Waals surface area contributed by atoms with E-state index in [-0.39, 0.29) is 5.91 Å². The number of rotatable bonds is 4. The van der Waals surface area contributed by atoms with Gasteiger partial charge in [-0.2, -0.15) is 15.4 Å². The zero-order valence-electron chi connectivity index (χ0n) is 8.40. The van der Waals surface area contributed by atoms with E-state index in [0.29, 0.717) is 18.3 Å². The van der Waals surface area contributed by atoms with Crippen molar-refractivity contribution < 1.29 is 9.53 Å². The molecule has 1 amide bonds. The topological polar surface area (TPSA) is 79.9 Å². The third-order valence-corrected chi connectivity index (χ3v) is 2.42. The predicted octanol–water partition coefficient (Wildman–Crippen LogP) is 0.104. The molecule has 0 saturated carbocycles. The highest BCUT2D eigenvalue weighted by molar-refractivity contribution is 5.91. The summed E-state index contributed by atoms with van der Waals surface area (Å²) in [5.74, 6) is -0.193. The number of amides is 1. The Labute approximate surface area is 87.4 Å². The minimum absolute atomic E-state index is 0.193. The molecule has 1 fully saturated rings. The van der Waals surface area contributed by atoms with Gasteiger partial charge in [0.15, 0.2) is 5.69 Å². The average molecular weight is 210 g/mol. The van der Waals surface area contributed by atoms with Crippen molar-refractivity contribution in [2.24, 2.45) is 0 Å². The molecule has 1 aromatic heterocycles. The van der Waals surface area contributed by atoms with Crippen molar-refractivity contribution in [2.75, 3.05) is 13.2 Å². The summed E-state index contributed by atoms with van der Waals surface area (Å²) in [6, 6.07) is 0. The van der Waals surface area contributed by atoms with Crippen molar-refractivity contribution in [1.82, 2.24) is 20.7 Å². The first-order valence-corrected chi connectivity index (χ1v) is 5.12. The SMILES string of the molecule is O=C(NCCC1CCCO1)c1cn[nH]n1. The van der Waals surface area contributed by atoms with Crippen LogP contribution in [-0.2, 0) is 4.74 Å². The highest BCUT2D eigenvalue weighted by Gasteiger charge is 2.15. The Hall–Kier alpha value is -1.43. The molecule has 1 unspecified atom stereocenters. The first kappa shape index (κ1) is 10.1. The van der Waals surface area contributed by atoms with Gasteiger partial charge in [0.1, 0.15) is 0 Å². The fourth-order valence-electron chi connectivity index (χ4n) is 1.62. The van der Waals surface area contributed by atoms with Crippen LogP contribution in [0.15, 0.2) is 6.20 Å². The molecule has 82 valence electrons. The van der Waals surface area contributed by atoms with Crippen LogP contribution in [-0.4, -0.2) is 40.6 Å². The Morgan fingerprint density at radius 1 is 1.73 bits per heavy atom. The Morgan fingerprint density at radius 3 is 3.33 bits per heavy atom. The number of hydrogen-bond acceptors (Lipinski definition) is 4. The van der Waals surface area contributed by atoms with Crippen molar-refractivity contribution in [1.29, 1.82) is 0 Å². The minimum Gasteiger partial charge on any atom is -0.378 e. The summed E-state index contributed by atoms with van der Waals surface area (Å²) < 4.78 is 5.44. The van der Waals surface area contributed by atoms with Gasteiger partial charge in [-0.3, -0.25) is 4.79 Å². The number of hydrogen-bond donors (Lipinski definition) is 2. The predicted molar refractivity (Wildman–Crippen MR) is 52.3 cm³/mol. The van der Waals surface area contributed by atoms with Crippen molar-refractivity contribution in [2.45, 2.75) is 25.4 Å². The van der Waals surface area contributed by atoms with E-state index in [1.165, 1.54) is 6.20 Å². The largest absolute Gasteiger partial charge is 0.378 e. The van der Waals surface area contributed by atoms with E-state index in [0.717, 1.165) is 25.9 Å². The van der Waals surface area contributed by atoms with E-state index in [4.69, 9.17) is 4.74 Å². The van der Waals surface area contributed by atoms with Crippen LogP contribution >= 0.6 is 0 Å². The van der Waals surface area contributed by atoms with Crippen molar-refractivity contribution in [3.63, 3.8) is 0 Å². The van der Waals surface area contributed by atoms with E-state index in [1.807, 2.05) is 0 Å². The van der Waals surface area contributed by atoms with Crippen molar-refractivity contribution in [3.05, 3.63) is 11.9 Å². The molecule has 0 aromatic carbocycles. The lowest BCUT2D eigenvalue weighted by Gasteiger charge is -2.08. The van der Waals surface area contributed by atoms with Crippen LogP contribution in [0.5, 0.6) is 0 Å². The van der Waals surface area contributed by atoms with Gasteiger partial charge in [-0.05, 0) is 19.3 Å². The summed E-state index contributed by atoms with van der Waals surface area (Å²) in [4.78, 5) is 11.4. The smallest absolute Gasteiger partial charge is 0.273 e. The van der Waals surface area contributed by atoms with Gasteiger partial charge < -0.3 is 10.1 Å². The summed E-state index contributed by atoms with van der Waals surface area (Å²) in [5.41, 5.74) is 0.322. The molecule has 2 N–H and O–H groups in total. The Bertz CT molecular complexity index is 306. The molecule has 1 aromatic rings. The number of carbonyl (C=O) groups excluding carboxylic acids is 1. The molecule has 2 rings (SSSR count). The Morgan fingerprint density at radius 2 is 2.67 bits per heavy atom. The molecular formula is C9H14N4O2. The van der Waals surface area contributed by atoms with Crippen LogP contribution in [0, 0.1) is 0 Å². The number of H-pyrrole nitrogens is 1. The van der Waals surface area contributed by atoms with Crippen LogP contribution in [0.4, 0.5) is 0 Å². The fourth-order valence-corrected chi connectivity index (χ4v) is 1.62. The number of ether oxygens (including phenoxy) is 1. The molecule has 6 nitrogen and oxygen atoms in total. The fraction of sp³-hybridized carbons (Fsp3) is 0.667. The lowest BCUT2D eigenvalue weighted by Crippen LogP contribution is -2.27. The molecule has 15 heavy (non-hydrogen) atoms. The van der Waals surface area contributed by atoms with E-state index in [9.17, 15) is 4.79 Å². The van der Waals surface area contributed by atoms with Crippen LogP contribution in [0.1, 0.15) is 29.8 Å². The normalized spacial score (nSPS) is 20.4. The van der Waals surface area contributed by atoms with E-state index in [1.54, 1.807) is 0 Å². The quantitative estimate of drug-likeness (QED) is 0.738. The van der Waals surface area contributed by atoms with Gasteiger partial charge in [0.25, 0.3) is 5.91 Å². The second-order valence-corrected chi connectivity index (χ2v) is 3.53. The zero-order chi connectivity index (χ0) is 10.5. The van der Waals surface area contributed by atoms with Gasteiger partial charge in [-0.25, -0.2) is 0 Å². The summed E-state index contributed by atoms with van der Waals surface area (Å²) >= 11 is 0. The monoisotopic (exact) mass is 210 g/mol. The highest BCUT2D eigenvalue weighted by atomic mass is 16.5. The molecular weight excluding hydrogens is 196 g/mol. The van der Waals surface area contributed by atoms with Crippen LogP contribution in [0.25, 0.3) is 0 Å². The lowest BCUT2D eigenvalue weighted by molar-refractivity contribution is 0.0903. The molecule has 2 heterocycles. The van der Waals surface area contributed by atoms with Gasteiger partial charge in [-0.15, -0.1) is 0 Å². The second kappa shape index (κ2) is 4.88. The van der Waals surface area contributed by atoms with Crippen LogP contribution in [0.2, 0.25) is 0 Å². The molecule has 0 radical (unpaired) electrons. The molecule has 1 aliphatic heterocycles. The standard InChI is InChI=1S/C9H14N4O2/c14-9(8-6-11-13-12-8)10-4-3-7-2-1-5-15-7/h6-7H,1-5H2,(H,10,14)(H,11,12,13). The molecule has 6 heteroatoms. The number of carbonyl (C=O) groups is 1. The third-order valence-electron chi connectivity index (χ3n) is 2.42. The van der Waals surface area contributed by atoms with Gasteiger partial charge in [-0.1, -0.05) is 0 Å². The summed E-state index contributed by atoms with van der Waals surface area (Å²) in [5, 5.41) is 12.4. The zero-order valence-corrected chi connectivity index (χ0v) is 8.40. The van der Waals surface area contributed by atoms with E-state index in [2.05, 4.69) is 20.7 Å². The molecule has 1 saturated heterocycles. The average Bonchev–Trinajstić information content (AvgIpc) is 2.90. The molecule has 0 aliphatic carbocycles. The third kappa shape index (κ3) is 2.76.